The van der Waals surface area contributed by atoms with Crippen LogP contribution in [0.2, 0.25) is 5.02 Å². The van der Waals surface area contributed by atoms with E-state index >= 15 is 0 Å². The normalized spacial score (nSPS) is 18.2. The Morgan fingerprint density at radius 1 is 1.39 bits per heavy atom. The summed E-state index contributed by atoms with van der Waals surface area (Å²) in [5.41, 5.74) is 0.724. The van der Waals surface area contributed by atoms with Crippen molar-refractivity contribution in [3.63, 3.8) is 0 Å². The molecule has 0 radical (unpaired) electrons. The minimum atomic E-state index is -0.153. The lowest BCUT2D eigenvalue weighted by Gasteiger charge is -2.34. The van der Waals surface area contributed by atoms with E-state index in [0.717, 1.165) is 38.2 Å². The summed E-state index contributed by atoms with van der Waals surface area (Å²) in [6.07, 6.45) is 0.900. The molecule has 1 aromatic rings. The molecule has 0 unspecified atom stereocenters. The summed E-state index contributed by atoms with van der Waals surface area (Å²) in [6, 6.07) is 4.95. The summed E-state index contributed by atoms with van der Waals surface area (Å²) in [4.78, 5) is 2.32. The van der Waals surface area contributed by atoms with Crippen molar-refractivity contribution >= 4 is 24.0 Å². The Balaban J connectivity index is 0.00000162. The minimum absolute atomic E-state index is 0. The van der Waals surface area contributed by atoms with Gasteiger partial charge in [-0.25, -0.2) is 4.39 Å². The predicted octanol–water partition coefficient (Wildman–Crippen LogP) is 3.26. The molecule has 0 saturated carbocycles. The maximum absolute atomic E-state index is 13.9. The molecule has 1 aliphatic rings. The Hall–Kier alpha value is -0.350. The van der Waals surface area contributed by atoms with E-state index in [1.54, 1.807) is 12.1 Å². The van der Waals surface area contributed by atoms with E-state index in [2.05, 4.69) is 17.1 Å². The van der Waals surface area contributed by atoms with Gasteiger partial charge in [-0.3, -0.25) is 4.90 Å². The van der Waals surface area contributed by atoms with Gasteiger partial charge in [0.05, 0.1) is 0 Å². The van der Waals surface area contributed by atoms with E-state index in [0.29, 0.717) is 5.02 Å². The molecule has 18 heavy (non-hydrogen) atoms. The van der Waals surface area contributed by atoms with Crippen LogP contribution in [0.25, 0.3) is 0 Å². The van der Waals surface area contributed by atoms with Crippen molar-refractivity contribution in [3.05, 3.63) is 34.6 Å². The maximum atomic E-state index is 13.9. The molecule has 102 valence electrons. The fourth-order valence-electron chi connectivity index (χ4n) is 2.44. The molecule has 0 spiro atoms. The molecule has 5 heteroatoms. The summed E-state index contributed by atoms with van der Waals surface area (Å²) >= 11 is 5.96. The number of rotatable bonds is 3. The fraction of sp³-hybridized carbons (Fsp3) is 0.538. The van der Waals surface area contributed by atoms with Gasteiger partial charge in [0.2, 0.25) is 0 Å². The van der Waals surface area contributed by atoms with Crippen molar-refractivity contribution in [2.75, 3.05) is 26.2 Å². The molecule has 0 aromatic heterocycles. The Kier molecular flexibility index (Phi) is 6.36. The number of piperazine rings is 1. The van der Waals surface area contributed by atoms with E-state index in [4.69, 9.17) is 11.6 Å². The van der Waals surface area contributed by atoms with Gasteiger partial charge in [-0.1, -0.05) is 18.5 Å². The molecule has 1 saturated heterocycles. The first kappa shape index (κ1) is 15.7. The molecule has 0 aliphatic carbocycles. The average Bonchev–Trinajstić information content (AvgIpc) is 2.36. The summed E-state index contributed by atoms with van der Waals surface area (Å²) < 4.78 is 13.9. The van der Waals surface area contributed by atoms with Crippen molar-refractivity contribution < 1.29 is 4.39 Å². The lowest BCUT2D eigenvalue weighted by Crippen LogP contribution is -2.45. The van der Waals surface area contributed by atoms with E-state index in [1.165, 1.54) is 6.07 Å². The highest BCUT2D eigenvalue weighted by Crippen LogP contribution is 2.28. The molecular formula is C13H19Cl2FN2. The molecule has 0 bridgehead atoms. The van der Waals surface area contributed by atoms with E-state index < -0.39 is 0 Å². The van der Waals surface area contributed by atoms with Crippen molar-refractivity contribution in [1.29, 1.82) is 0 Å². The van der Waals surface area contributed by atoms with Crippen LogP contribution in [-0.2, 0) is 0 Å². The van der Waals surface area contributed by atoms with Crippen LogP contribution in [0.1, 0.15) is 24.9 Å². The molecule has 1 fully saturated rings. The second-order valence-corrected chi connectivity index (χ2v) is 4.81. The summed E-state index contributed by atoms with van der Waals surface area (Å²) in [6.45, 7) is 5.96. The third kappa shape index (κ3) is 3.58. The third-order valence-corrected chi connectivity index (χ3v) is 3.53. The highest BCUT2D eigenvalue weighted by molar-refractivity contribution is 6.30. The summed E-state index contributed by atoms with van der Waals surface area (Å²) in [5, 5.41) is 3.92. The van der Waals surface area contributed by atoms with Crippen LogP contribution in [0, 0.1) is 5.82 Å². The third-order valence-electron chi connectivity index (χ3n) is 3.30. The van der Waals surface area contributed by atoms with Crippen LogP contribution in [0.15, 0.2) is 18.2 Å². The largest absolute Gasteiger partial charge is 0.314 e. The maximum Gasteiger partial charge on any atom is 0.128 e. The second-order valence-electron chi connectivity index (χ2n) is 4.38. The van der Waals surface area contributed by atoms with E-state index in [1.807, 2.05) is 0 Å². The lowest BCUT2D eigenvalue weighted by atomic mass is 10.0. The van der Waals surface area contributed by atoms with Gasteiger partial charge in [0.25, 0.3) is 0 Å². The Labute approximate surface area is 119 Å². The zero-order valence-corrected chi connectivity index (χ0v) is 12.0. The molecule has 1 N–H and O–H groups in total. The highest BCUT2D eigenvalue weighted by atomic mass is 35.5. The van der Waals surface area contributed by atoms with Gasteiger partial charge in [0.1, 0.15) is 5.82 Å². The molecule has 0 amide bonds. The molecule has 2 nitrogen and oxygen atoms in total. The molecule has 1 aromatic carbocycles. The Morgan fingerprint density at radius 3 is 2.67 bits per heavy atom. The van der Waals surface area contributed by atoms with Gasteiger partial charge in [0, 0.05) is 42.8 Å². The number of benzene rings is 1. The number of nitrogens with zero attached hydrogens (tertiary/aromatic N) is 1. The van der Waals surface area contributed by atoms with Crippen molar-refractivity contribution in [1.82, 2.24) is 10.2 Å². The average molecular weight is 293 g/mol. The van der Waals surface area contributed by atoms with Crippen LogP contribution in [0.3, 0.4) is 0 Å². The van der Waals surface area contributed by atoms with Gasteiger partial charge >= 0.3 is 0 Å². The number of hydrogen-bond acceptors (Lipinski definition) is 2. The van der Waals surface area contributed by atoms with E-state index in [9.17, 15) is 4.39 Å². The quantitative estimate of drug-likeness (QED) is 0.920. The van der Waals surface area contributed by atoms with Crippen LogP contribution in [-0.4, -0.2) is 31.1 Å². The first-order chi connectivity index (χ1) is 8.22. The van der Waals surface area contributed by atoms with Gasteiger partial charge in [-0.05, 0) is 24.6 Å². The second kappa shape index (κ2) is 7.29. The molecular weight excluding hydrogens is 274 g/mol. The van der Waals surface area contributed by atoms with Crippen LogP contribution >= 0.6 is 24.0 Å². The zero-order valence-electron chi connectivity index (χ0n) is 10.5. The van der Waals surface area contributed by atoms with Crippen molar-refractivity contribution in [2.24, 2.45) is 0 Å². The Bertz CT molecular complexity index is 381. The molecule has 2 rings (SSSR count). The van der Waals surface area contributed by atoms with Crippen LogP contribution < -0.4 is 5.32 Å². The van der Waals surface area contributed by atoms with Crippen LogP contribution in [0.4, 0.5) is 4.39 Å². The lowest BCUT2D eigenvalue weighted by molar-refractivity contribution is 0.166. The molecule has 1 heterocycles. The zero-order chi connectivity index (χ0) is 12.3. The van der Waals surface area contributed by atoms with Crippen molar-refractivity contribution in [3.8, 4) is 0 Å². The van der Waals surface area contributed by atoms with E-state index in [-0.39, 0.29) is 24.3 Å². The van der Waals surface area contributed by atoms with Gasteiger partial charge in [-0.2, -0.15) is 0 Å². The topological polar surface area (TPSA) is 15.3 Å². The summed E-state index contributed by atoms with van der Waals surface area (Å²) in [7, 11) is 0. The molecule has 1 aliphatic heterocycles. The number of halogens is 3. The first-order valence-electron chi connectivity index (χ1n) is 6.12. The van der Waals surface area contributed by atoms with Gasteiger partial charge < -0.3 is 5.32 Å². The van der Waals surface area contributed by atoms with Crippen LogP contribution in [0.5, 0.6) is 0 Å². The van der Waals surface area contributed by atoms with Gasteiger partial charge in [-0.15, -0.1) is 12.4 Å². The number of nitrogens with one attached hydrogen (secondary N) is 1. The van der Waals surface area contributed by atoms with Crippen molar-refractivity contribution in [2.45, 2.75) is 19.4 Å². The first-order valence-corrected chi connectivity index (χ1v) is 6.50. The standard InChI is InChI=1S/C13H18ClFN2.ClH/c1-2-13(17-7-5-16-6-8-17)11-9-10(14)3-4-12(11)15;/h3-4,9,13,16H,2,5-8H2,1H3;1H/t13-;/m0./s1. The fourth-order valence-corrected chi connectivity index (χ4v) is 2.62. The smallest absolute Gasteiger partial charge is 0.128 e. The number of hydrogen-bond donors (Lipinski definition) is 1. The Morgan fingerprint density at radius 2 is 2.06 bits per heavy atom. The predicted molar refractivity (Wildman–Crippen MR) is 76.1 cm³/mol. The highest BCUT2D eigenvalue weighted by Gasteiger charge is 2.23. The van der Waals surface area contributed by atoms with Gasteiger partial charge in [0.15, 0.2) is 0 Å². The molecule has 1 atom stereocenters. The SMILES string of the molecule is CC[C@@H](c1cc(Cl)ccc1F)N1CCNCC1.Cl. The summed E-state index contributed by atoms with van der Waals surface area (Å²) in [5.74, 6) is -0.153. The minimum Gasteiger partial charge on any atom is -0.314 e. The monoisotopic (exact) mass is 292 g/mol.